The number of rotatable bonds is 3. The molecule has 0 bridgehead atoms. The number of imide groups is 1. The maximum atomic E-state index is 12.6. The van der Waals surface area contributed by atoms with Crippen molar-refractivity contribution in [2.45, 2.75) is 32.7 Å². The Morgan fingerprint density at radius 2 is 1.67 bits per heavy atom. The van der Waals surface area contributed by atoms with E-state index in [1.807, 2.05) is 0 Å². The van der Waals surface area contributed by atoms with Crippen LogP contribution in [0.15, 0.2) is 29.1 Å². The summed E-state index contributed by atoms with van der Waals surface area (Å²) in [5, 5.41) is 0. The van der Waals surface area contributed by atoms with Crippen LogP contribution in [-0.2, 0) is 19.4 Å². The van der Waals surface area contributed by atoms with Crippen LogP contribution >= 0.6 is 0 Å². The largest absolute Gasteiger partial charge is 0.295 e. The standard InChI is InChI=1S/C18H17N3O3/c1-11-19-15-8-4-7-14(15)18(24)20(11)9-10-21-16(22)12-5-2-3-6-13(12)17(21)23/h2-3,5-6H,4,7-10H2,1H3. The Hall–Kier alpha value is -2.76. The first kappa shape index (κ1) is 14.8. The summed E-state index contributed by atoms with van der Waals surface area (Å²) in [6.45, 7) is 2.24. The lowest BCUT2D eigenvalue weighted by molar-refractivity contribution is 0.0648. The van der Waals surface area contributed by atoms with E-state index in [1.165, 1.54) is 4.90 Å². The molecule has 4 rings (SSSR count). The second-order valence-corrected chi connectivity index (χ2v) is 6.20. The molecule has 1 aromatic carbocycles. The molecule has 0 saturated heterocycles. The lowest BCUT2D eigenvalue weighted by Crippen LogP contribution is -2.36. The van der Waals surface area contributed by atoms with E-state index in [0.29, 0.717) is 17.0 Å². The van der Waals surface area contributed by atoms with Crippen LogP contribution in [0.1, 0.15) is 44.2 Å². The Kier molecular flexibility index (Phi) is 3.33. The highest BCUT2D eigenvalue weighted by atomic mass is 16.2. The lowest BCUT2D eigenvalue weighted by atomic mass is 10.1. The average molecular weight is 323 g/mol. The van der Waals surface area contributed by atoms with Gasteiger partial charge < -0.3 is 0 Å². The second kappa shape index (κ2) is 5.40. The van der Waals surface area contributed by atoms with Crippen LogP contribution in [0.2, 0.25) is 0 Å². The molecule has 0 saturated carbocycles. The molecule has 2 aromatic rings. The van der Waals surface area contributed by atoms with Crippen LogP contribution < -0.4 is 5.56 Å². The molecule has 6 nitrogen and oxygen atoms in total. The molecular weight excluding hydrogens is 306 g/mol. The molecule has 6 heteroatoms. The summed E-state index contributed by atoms with van der Waals surface area (Å²) < 4.78 is 1.58. The summed E-state index contributed by atoms with van der Waals surface area (Å²) >= 11 is 0. The van der Waals surface area contributed by atoms with Crippen LogP contribution in [0.4, 0.5) is 0 Å². The van der Waals surface area contributed by atoms with Crippen molar-refractivity contribution in [1.29, 1.82) is 0 Å². The number of carbonyl (C=O) groups excluding carboxylic acids is 2. The zero-order chi connectivity index (χ0) is 16.8. The Labute approximate surface area is 138 Å². The van der Waals surface area contributed by atoms with Gasteiger partial charge in [-0.1, -0.05) is 12.1 Å². The van der Waals surface area contributed by atoms with Gasteiger partial charge in [0.05, 0.1) is 16.8 Å². The molecule has 1 aromatic heterocycles. The third-order valence-electron chi connectivity index (χ3n) is 4.80. The number of nitrogens with zero attached hydrogens (tertiary/aromatic N) is 3. The molecule has 2 heterocycles. The molecular formula is C18H17N3O3. The predicted octanol–water partition coefficient (Wildman–Crippen LogP) is 1.34. The van der Waals surface area contributed by atoms with Crippen molar-refractivity contribution < 1.29 is 9.59 Å². The van der Waals surface area contributed by atoms with Gasteiger partial charge in [0.25, 0.3) is 17.4 Å². The van der Waals surface area contributed by atoms with E-state index < -0.39 is 0 Å². The van der Waals surface area contributed by atoms with E-state index in [1.54, 1.807) is 35.8 Å². The topological polar surface area (TPSA) is 72.3 Å². The van der Waals surface area contributed by atoms with Gasteiger partial charge in [-0.05, 0) is 38.3 Å². The van der Waals surface area contributed by atoms with Crippen molar-refractivity contribution in [3.8, 4) is 0 Å². The minimum absolute atomic E-state index is 0.0355. The molecule has 24 heavy (non-hydrogen) atoms. The maximum absolute atomic E-state index is 12.6. The quantitative estimate of drug-likeness (QED) is 0.799. The molecule has 122 valence electrons. The highest BCUT2D eigenvalue weighted by Crippen LogP contribution is 2.22. The summed E-state index contributed by atoms with van der Waals surface area (Å²) in [7, 11) is 0. The number of carbonyl (C=O) groups is 2. The number of fused-ring (bicyclic) bond motifs is 2. The Morgan fingerprint density at radius 1 is 1.00 bits per heavy atom. The van der Waals surface area contributed by atoms with Gasteiger partial charge in [-0.2, -0.15) is 0 Å². The number of benzene rings is 1. The van der Waals surface area contributed by atoms with Gasteiger partial charge in [0, 0.05) is 18.7 Å². The smallest absolute Gasteiger partial charge is 0.261 e. The van der Waals surface area contributed by atoms with Gasteiger partial charge >= 0.3 is 0 Å². The summed E-state index contributed by atoms with van der Waals surface area (Å²) in [5.41, 5.74) is 2.50. The van der Waals surface area contributed by atoms with E-state index in [-0.39, 0.29) is 30.5 Å². The first-order valence-corrected chi connectivity index (χ1v) is 8.12. The molecule has 1 aliphatic carbocycles. The van der Waals surface area contributed by atoms with Crippen molar-refractivity contribution in [1.82, 2.24) is 14.5 Å². The highest BCUT2D eigenvalue weighted by molar-refractivity contribution is 6.21. The predicted molar refractivity (Wildman–Crippen MR) is 87.1 cm³/mol. The van der Waals surface area contributed by atoms with Crippen LogP contribution in [0.3, 0.4) is 0 Å². The zero-order valence-electron chi connectivity index (χ0n) is 13.4. The minimum Gasteiger partial charge on any atom is -0.295 e. The van der Waals surface area contributed by atoms with Crippen LogP contribution in [0, 0.1) is 6.92 Å². The van der Waals surface area contributed by atoms with Gasteiger partial charge in [0.15, 0.2) is 0 Å². The van der Waals surface area contributed by atoms with Crippen LogP contribution in [0.25, 0.3) is 0 Å². The fourth-order valence-electron chi connectivity index (χ4n) is 3.55. The van der Waals surface area contributed by atoms with Crippen molar-refractivity contribution >= 4 is 11.8 Å². The van der Waals surface area contributed by atoms with Crippen molar-refractivity contribution in [2.75, 3.05) is 6.54 Å². The molecule has 0 spiro atoms. The molecule has 1 aliphatic heterocycles. The van der Waals surface area contributed by atoms with Crippen molar-refractivity contribution in [3.63, 3.8) is 0 Å². The maximum Gasteiger partial charge on any atom is 0.261 e. The average Bonchev–Trinajstić information content (AvgIpc) is 3.13. The molecule has 2 aliphatic rings. The van der Waals surface area contributed by atoms with E-state index >= 15 is 0 Å². The first-order valence-electron chi connectivity index (χ1n) is 8.12. The zero-order valence-corrected chi connectivity index (χ0v) is 13.4. The molecule has 0 N–H and O–H groups in total. The Bertz CT molecular complexity index is 895. The molecule has 0 radical (unpaired) electrons. The van der Waals surface area contributed by atoms with E-state index in [4.69, 9.17) is 0 Å². The Morgan fingerprint density at radius 3 is 2.33 bits per heavy atom. The van der Waals surface area contributed by atoms with Gasteiger partial charge in [-0.15, -0.1) is 0 Å². The van der Waals surface area contributed by atoms with Gasteiger partial charge in [-0.25, -0.2) is 4.98 Å². The highest BCUT2D eigenvalue weighted by Gasteiger charge is 2.34. The molecule has 0 fully saturated rings. The third kappa shape index (κ3) is 2.10. The normalized spacial score (nSPS) is 15.8. The minimum atomic E-state index is -0.296. The summed E-state index contributed by atoms with van der Waals surface area (Å²) in [5.74, 6) is 0.0445. The number of hydrogen-bond acceptors (Lipinski definition) is 4. The Balaban J connectivity index is 1.60. The number of aryl methyl sites for hydroxylation is 2. The van der Waals surface area contributed by atoms with Gasteiger partial charge in [-0.3, -0.25) is 23.9 Å². The van der Waals surface area contributed by atoms with E-state index in [9.17, 15) is 14.4 Å². The molecule has 2 amide bonds. The lowest BCUT2D eigenvalue weighted by Gasteiger charge is -2.17. The van der Waals surface area contributed by atoms with Gasteiger partial charge in [0.2, 0.25) is 0 Å². The number of amides is 2. The molecule has 0 atom stereocenters. The summed E-state index contributed by atoms with van der Waals surface area (Å²) in [6, 6.07) is 6.80. The number of hydrogen-bond donors (Lipinski definition) is 0. The monoisotopic (exact) mass is 323 g/mol. The van der Waals surface area contributed by atoms with E-state index in [0.717, 1.165) is 30.5 Å². The van der Waals surface area contributed by atoms with Crippen LogP contribution in [0.5, 0.6) is 0 Å². The van der Waals surface area contributed by atoms with Crippen molar-refractivity contribution in [2.24, 2.45) is 0 Å². The first-order chi connectivity index (χ1) is 11.6. The molecule has 0 unspecified atom stereocenters. The second-order valence-electron chi connectivity index (χ2n) is 6.20. The fraction of sp³-hybridized carbons (Fsp3) is 0.333. The van der Waals surface area contributed by atoms with Crippen LogP contribution in [-0.4, -0.2) is 32.8 Å². The van der Waals surface area contributed by atoms with Crippen molar-refractivity contribution in [3.05, 3.63) is 62.8 Å². The summed E-state index contributed by atoms with van der Waals surface area (Å²) in [6.07, 6.45) is 2.57. The number of aromatic nitrogens is 2. The van der Waals surface area contributed by atoms with E-state index in [2.05, 4.69) is 4.98 Å². The third-order valence-corrected chi connectivity index (χ3v) is 4.80. The SMILES string of the molecule is Cc1nc2c(c(=O)n1CCN1C(=O)c3ccccc3C1=O)CCC2. The fourth-order valence-corrected chi connectivity index (χ4v) is 3.55. The van der Waals surface area contributed by atoms with Gasteiger partial charge in [0.1, 0.15) is 5.82 Å². The summed E-state index contributed by atoms with van der Waals surface area (Å²) in [4.78, 5) is 43.1.